The van der Waals surface area contributed by atoms with E-state index in [0.717, 1.165) is 11.3 Å². The number of aryl methyl sites for hydroxylation is 1. The lowest BCUT2D eigenvalue weighted by Gasteiger charge is -2.16. The van der Waals surface area contributed by atoms with Crippen molar-refractivity contribution in [3.63, 3.8) is 0 Å². The van der Waals surface area contributed by atoms with E-state index in [9.17, 15) is 14.4 Å². The summed E-state index contributed by atoms with van der Waals surface area (Å²) < 4.78 is 10.5. The molecule has 1 saturated heterocycles. The van der Waals surface area contributed by atoms with Gasteiger partial charge in [-0.2, -0.15) is 0 Å². The summed E-state index contributed by atoms with van der Waals surface area (Å²) in [6.07, 6.45) is 0.0873. The molecule has 1 aliphatic heterocycles. The van der Waals surface area contributed by atoms with E-state index in [1.54, 1.807) is 29.2 Å². The van der Waals surface area contributed by atoms with E-state index in [0.29, 0.717) is 17.9 Å². The monoisotopic (exact) mass is 381 g/mol. The van der Waals surface area contributed by atoms with Crippen molar-refractivity contribution < 1.29 is 23.9 Å². The zero-order valence-electron chi connectivity index (χ0n) is 16.0. The summed E-state index contributed by atoms with van der Waals surface area (Å²) in [6, 6.07) is 14.2. The molecule has 0 aliphatic carbocycles. The van der Waals surface area contributed by atoms with Gasteiger partial charge in [-0.25, -0.2) is 0 Å². The third-order valence-corrected chi connectivity index (χ3v) is 4.64. The average Bonchev–Trinajstić information content (AvgIpc) is 3.09. The summed E-state index contributed by atoms with van der Waals surface area (Å²) in [5.74, 6) is -0.833. The van der Waals surface area contributed by atoms with E-state index in [2.05, 4.69) is 0 Å². The van der Waals surface area contributed by atoms with Gasteiger partial charge in [0.25, 0.3) is 0 Å². The van der Waals surface area contributed by atoms with Crippen molar-refractivity contribution in [3.8, 4) is 5.75 Å². The number of benzene rings is 2. The molecule has 6 heteroatoms. The predicted octanol–water partition coefficient (Wildman–Crippen LogP) is 3.17. The molecule has 2 aromatic rings. The largest absolute Gasteiger partial charge is 0.494 e. The van der Waals surface area contributed by atoms with Gasteiger partial charge in [-0.1, -0.05) is 17.7 Å². The maximum Gasteiger partial charge on any atom is 0.311 e. The van der Waals surface area contributed by atoms with Crippen LogP contribution in [0, 0.1) is 12.8 Å². The second-order valence-electron chi connectivity index (χ2n) is 6.73. The highest BCUT2D eigenvalue weighted by molar-refractivity contribution is 6.01. The molecule has 0 N–H and O–H groups in total. The lowest BCUT2D eigenvalue weighted by atomic mass is 10.1. The Hall–Kier alpha value is -3.15. The fraction of sp³-hybridized carbons (Fsp3) is 0.318. The van der Waals surface area contributed by atoms with E-state index >= 15 is 0 Å². The Balaban J connectivity index is 1.54. The van der Waals surface area contributed by atoms with E-state index < -0.39 is 11.9 Å². The van der Waals surface area contributed by atoms with Crippen LogP contribution in [-0.2, 0) is 14.3 Å². The van der Waals surface area contributed by atoms with Crippen LogP contribution in [0.5, 0.6) is 5.75 Å². The number of carbonyl (C=O) groups excluding carboxylic acids is 3. The Morgan fingerprint density at radius 1 is 1.07 bits per heavy atom. The number of hydrogen-bond acceptors (Lipinski definition) is 5. The molecule has 1 fully saturated rings. The van der Waals surface area contributed by atoms with Crippen molar-refractivity contribution in [2.75, 3.05) is 24.7 Å². The number of Topliss-reactive ketones (excluding diaryl/α,β-unsaturated/α-hetero) is 1. The third kappa shape index (κ3) is 4.57. The number of carbonyl (C=O) groups is 3. The summed E-state index contributed by atoms with van der Waals surface area (Å²) in [6.45, 7) is 4.31. The van der Waals surface area contributed by atoms with Crippen LogP contribution in [0.4, 0.5) is 5.69 Å². The molecule has 0 spiro atoms. The highest BCUT2D eigenvalue weighted by Crippen LogP contribution is 2.26. The number of esters is 1. The van der Waals surface area contributed by atoms with Crippen molar-refractivity contribution in [3.05, 3.63) is 59.7 Å². The third-order valence-electron chi connectivity index (χ3n) is 4.64. The fourth-order valence-corrected chi connectivity index (χ4v) is 3.08. The number of nitrogens with zero attached hydrogens (tertiary/aromatic N) is 1. The second kappa shape index (κ2) is 8.69. The van der Waals surface area contributed by atoms with Crippen LogP contribution >= 0.6 is 0 Å². The van der Waals surface area contributed by atoms with Crippen LogP contribution in [0.3, 0.4) is 0 Å². The molecule has 2 aromatic carbocycles. The normalized spacial score (nSPS) is 16.1. The van der Waals surface area contributed by atoms with Crippen LogP contribution in [0.1, 0.15) is 29.3 Å². The highest BCUT2D eigenvalue weighted by Gasteiger charge is 2.36. The molecule has 1 atom stereocenters. The van der Waals surface area contributed by atoms with Crippen LogP contribution in [-0.4, -0.2) is 37.4 Å². The molecule has 3 rings (SSSR count). The summed E-state index contributed by atoms with van der Waals surface area (Å²) in [7, 11) is 0. The van der Waals surface area contributed by atoms with Crippen LogP contribution in [0.25, 0.3) is 0 Å². The zero-order chi connectivity index (χ0) is 20.1. The molecule has 146 valence electrons. The van der Waals surface area contributed by atoms with Gasteiger partial charge in [-0.15, -0.1) is 0 Å². The van der Waals surface area contributed by atoms with E-state index in [4.69, 9.17) is 9.47 Å². The molecule has 0 aromatic heterocycles. The predicted molar refractivity (Wildman–Crippen MR) is 105 cm³/mol. The molecule has 1 amide bonds. The molecule has 0 bridgehead atoms. The van der Waals surface area contributed by atoms with E-state index in [1.165, 1.54) is 0 Å². The smallest absolute Gasteiger partial charge is 0.311 e. The summed E-state index contributed by atoms with van der Waals surface area (Å²) in [4.78, 5) is 38.4. The van der Waals surface area contributed by atoms with Gasteiger partial charge in [0.2, 0.25) is 5.91 Å². The SMILES string of the molecule is CCOc1ccc(C(=O)COC(=O)[C@@H]2CC(=O)N(c3ccc(C)cc3)C2)cc1. The molecule has 0 radical (unpaired) electrons. The maximum atomic E-state index is 12.3. The molecule has 1 heterocycles. The van der Waals surface area contributed by atoms with Crippen molar-refractivity contribution in [1.82, 2.24) is 0 Å². The number of anilines is 1. The Kier molecular flexibility index (Phi) is 6.09. The van der Waals surface area contributed by atoms with Crippen molar-refractivity contribution in [1.29, 1.82) is 0 Å². The second-order valence-corrected chi connectivity index (χ2v) is 6.73. The standard InChI is InChI=1S/C22H23NO5/c1-3-27-19-10-6-16(7-11-19)20(24)14-28-22(26)17-12-21(25)23(13-17)18-8-4-15(2)5-9-18/h4-11,17H,3,12-14H2,1-2H3/t17-/m1/s1. The number of amides is 1. The topological polar surface area (TPSA) is 72.9 Å². The van der Waals surface area contributed by atoms with Gasteiger partial charge >= 0.3 is 5.97 Å². The summed E-state index contributed by atoms with van der Waals surface area (Å²) >= 11 is 0. The first kappa shape index (κ1) is 19.6. The van der Waals surface area contributed by atoms with Crippen LogP contribution in [0.2, 0.25) is 0 Å². The molecular formula is C22H23NO5. The van der Waals surface area contributed by atoms with Gasteiger partial charge in [-0.3, -0.25) is 14.4 Å². The zero-order valence-corrected chi connectivity index (χ0v) is 16.0. The molecule has 28 heavy (non-hydrogen) atoms. The number of ether oxygens (including phenoxy) is 2. The van der Waals surface area contributed by atoms with Gasteiger partial charge in [0.05, 0.1) is 12.5 Å². The number of hydrogen-bond donors (Lipinski definition) is 0. The summed E-state index contributed by atoms with van der Waals surface area (Å²) in [5.41, 5.74) is 2.30. The Bertz CT molecular complexity index is 858. The minimum atomic E-state index is -0.568. The van der Waals surface area contributed by atoms with E-state index in [1.807, 2.05) is 38.1 Å². The van der Waals surface area contributed by atoms with Crippen LogP contribution < -0.4 is 9.64 Å². The van der Waals surface area contributed by atoms with Gasteiger partial charge in [0.15, 0.2) is 12.4 Å². The maximum absolute atomic E-state index is 12.3. The quantitative estimate of drug-likeness (QED) is 0.544. The molecule has 6 nitrogen and oxygen atoms in total. The first-order valence-corrected chi connectivity index (χ1v) is 9.27. The molecular weight excluding hydrogens is 358 g/mol. The molecule has 1 aliphatic rings. The Labute approximate surface area is 164 Å². The van der Waals surface area contributed by atoms with Crippen molar-refractivity contribution in [2.45, 2.75) is 20.3 Å². The van der Waals surface area contributed by atoms with Crippen LogP contribution in [0.15, 0.2) is 48.5 Å². The Morgan fingerprint density at radius 2 is 1.75 bits per heavy atom. The lowest BCUT2D eigenvalue weighted by Crippen LogP contribution is -2.27. The highest BCUT2D eigenvalue weighted by atomic mass is 16.5. The van der Waals surface area contributed by atoms with E-state index in [-0.39, 0.29) is 31.3 Å². The van der Waals surface area contributed by atoms with Gasteiger partial charge in [-0.05, 0) is 50.2 Å². The average molecular weight is 381 g/mol. The summed E-state index contributed by atoms with van der Waals surface area (Å²) in [5, 5.41) is 0. The lowest BCUT2D eigenvalue weighted by molar-refractivity contribution is -0.147. The first-order valence-electron chi connectivity index (χ1n) is 9.27. The fourth-order valence-electron chi connectivity index (χ4n) is 3.08. The Morgan fingerprint density at radius 3 is 2.39 bits per heavy atom. The van der Waals surface area contributed by atoms with Gasteiger partial charge < -0.3 is 14.4 Å². The van der Waals surface area contributed by atoms with Gasteiger partial charge in [0.1, 0.15) is 5.75 Å². The van der Waals surface area contributed by atoms with Crippen molar-refractivity contribution in [2.24, 2.45) is 5.92 Å². The minimum Gasteiger partial charge on any atom is -0.494 e. The number of ketones is 1. The van der Waals surface area contributed by atoms with Crippen molar-refractivity contribution >= 4 is 23.3 Å². The first-order chi connectivity index (χ1) is 13.5. The number of rotatable bonds is 7. The van der Waals surface area contributed by atoms with Gasteiger partial charge in [0, 0.05) is 24.2 Å². The molecule has 0 unspecified atom stereocenters. The molecule has 0 saturated carbocycles. The minimum absolute atomic E-state index is 0.0873.